The lowest BCUT2D eigenvalue weighted by atomic mass is 10.0. The van der Waals surface area contributed by atoms with Crippen molar-refractivity contribution in [2.75, 3.05) is 33.8 Å². The topological polar surface area (TPSA) is 44.8 Å². The molecule has 2 aliphatic heterocycles. The van der Waals surface area contributed by atoms with Crippen molar-refractivity contribution in [3.05, 3.63) is 35.9 Å². The number of benzene rings is 1. The summed E-state index contributed by atoms with van der Waals surface area (Å²) < 4.78 is 5.75. The summed E-state index contributed by atoms with van der Waals surface area (Å²) in [5, 5.41) is 3.27. The Morgan fingerprint density at radius 2 is 2.08 bits per heavy atom. The van der Waals surface area contributed by atoms with Gasteiger partial charge in [-0.05, 0) is 39.4 Å². The zero-order valence-corrected chi connectivity index (χ0v) is 14.9. The van der Waals surface area contributed by atoms with E-state index in [0.29, 0.717) is 12.1 Å². The number of hydrogen-bond donors (Lipinski definition) is 1. The minimum Gasteiger partial charge on any atom is -0.376 e. The van der Waals surface area contributed by atoms with Gasteiger partial charge in [0.1, 0.15) is 0 Å². The molecule has 5 nitrogen and oxygen atoms in total. The lowest BCUT2D eigenvalue weighted by molar-refractivity contribution is -0.126. The molecule has 24 heavy (non-hydrogen) atoms. The molecule has 2 heterocycles. The molecule has 1 N–H and O–H groups in total. The summed E-state index contributed by atoms with van der Waals surface area (Å²) in [5.74, 6) is 0.127. The van der Waals surface area contributed by atoms with Gasteiger partial charge in [-0.1, -0.05) is 30.3 Å². The molecular weight excluding hydrogens is 302 g/mol. The Kier molecular flexibility index (Phi) is 5.54. The van der Waals surface area contributed by atoms with Gasteiger partial charge in [-0.15, -0.1) is 0 Å². The van der Waals surface area contributed by atoms with E-state index in [-0.39, 0.29) is 18.0 Å². The third-order valence-electron chi connectivity index (χ3n) is 5.14. The molecule has 0 bridgehead atoms. The van der Waals surface area contributed by atoms with Crippen LogP contribution >= 0.6 is 0 Å². The van der Waals surface area contributed by atoms with Gasteiger partial charge >= 0.3 is 0 Å². The highest BCUT2D eigenvalue weighted by molar-refractivity contribution is 5.82. The normalized spacial score (nSPS) is 28.6. The summed E-state index contributed by atoms with van der Waals surface area (Å²) in [7, 11) is 3.95. The van der Waals surface area contributed by atoms with Gasteiger partial charge in [0.05, 0.1) is 18.8 Å². The van der Waals surface area contributed by atoms with Crippen molar-refractivity contribution in [2.45, 2.75) is 44.0 Å². The summed E-state index contributed by atoms with van der Waals surface area (Å²) in [6.07, 6.45) is 2.02. The summed E-state index contributed by atoms with van der Waals surface area (Å²) in [6.45, 7) is 4.81. The first-order valence-corrected chi connectivity index (χ1v) is 8.89. The predicted molar refractivity (Wildman–Crippen MR) is 94.9 cm³/mol. The first-order chi connectivity index (χ1) is 11.5. The van der Waals surface area contributed by atoms with E-state index in [1.165, 1.54) is 5.56 Å². The van der Waals surface area contributed by atoms with Crippen molar-refractivity contribution in [3.8, 4) is 0 Å². The lowest BCUT2D eigenvalue weighted by Crippen LogP contribution is -2.49. The average molecular weight is 331 g/mol. The van der Waals surface area contributed by atoms with Crippen molar-refractivity contribution < 1.29 is 9.53 Å². The molecule has 1 aromatic rings. The molecule has 1 amide bonds. The van der Waals surface area contributed by atoms with Crippen molar-refractivity contribution in [1.82, 2.24) is 15.1 Å². The second-order valence-corrected chi connectivity index (χ2v) is 7.36. The molecule has 0 aromatic heterocycles. The van der Waals surface area contributed by atoms with Crippen molar-refractivity contribution in [3.63, 3.8) is 0 Å². The number of carbonyl (C=O) groups is 1. The number of rotatable bonds is 5. The number of nitrogens with one attached hydrogen (secondary N) is 1. The maximum absolute atomic E-state index is 12.8. The van der Waals surface area contributed by atoms with Crippen molar-refractivity contribution >= 4 is 5.91 Å². The SMILES string of the molecule is C[C@@H]1CN2C[C@H](NC(=O)[C@H](Cc3ccccc3)N(C)C)C[C@H]2CO1. The fourth-order valence-corrected chi connectivity index (χ4v) is 3.79. The highest BCUT2D eigenvalue weighted by Crippen LogP contribution is 2.23. The van der Waals surface area contributed by atoms with E-state index in [2.05, 4.69) is 29.3 Å². The van der Waals surface area contributed by atoms with Crippen LogP contribution in [0.4, 0.5) is 0 Å². The van der Waals surface area contributed by atoms with Crippen molar-refractivity contribution in [2.24, 2.45) is 0 Å². The van der Waals surface area contributed by atoms with Crippen LogP contribution in [0.5, 0.6) is 0 Å². The number of ether oxygens (including phenoxy) is 1. The number of hydrogen-bond acceptors (Lipinski definition) is 4. The van der Waals surface area contributed by atoms with E-state index in [1.54, 1.807) is 0 Å². The maximum atomic E-state index is 12.8. The number of likely N-dealkylation sites (N-methyl/N-ethyl adjacent to an activating group) is 1. The molecule has 1 aromatic carbocycles. The second kappa shape index (κ2) is 7.64. The van der Waals surface area contributed by atoms with Gasteiger partial charge in [0, 0.05) is 25.2 Å². The van der Waals surface area contributed by atoms with Crippen LogP contribution < -0.4 is 5.32 Å². The number of fused-ring (bicyclic) bond motifs is 1. The van der Waals surface area contributed by atoms with Crippen LogP contribution in [0.2, 0.25) is 0 Å². The van der Waals surface area contributed by atoms with E-state index in [1.807, 2.05) is 37.2 Å². The Morgan fingerprint density at radius 1 is 1.33 bits per heavy atom. The Labute approximate surface area is 145 Å². The van der Waals surface area contributed by atoms with E-state index < -0.39 is 0 Å². The van der Waals surface area contributed by atoms with E-state index in [0.717, 1.165) is 32.5 Å². The van der Waals surface area contributed by atoms with Gasteiger partial charge in [0.15, 0.2) is 0 Å². The summed E-state index contributed by atoms with van der Waals surface area (Å²) in [4.78, 5) is 17.3. The lowest BCUT2D eigenvalue weighted by Gasteiger charge is -2.33. The molecule has 2 fully saturated rings. The van der Waals surface area contributed by atoms with Crippen LogP contribution in [0, 0.1) is 0 Å². The van der Waals surface area contributed by atoms with Gasteiger partial charge in [-0.3, -0.25) is 14.6 Å². The third kappa shape index (κ3) is 4.15. The van der Waals surface area contributed by atoms with Crippen LogP contribution in [0.3, 0.4) is 0 Å². The zero-order valence-electron chi connectivity index (χ0n) is 14.9. The Hall–Kier alpha value is -1.43. The molecule has 0 saturated carbocycles. The molecule has 5 heteroatoms. The van der Waals surface area contributed by atoms with Crippen LogP contribution in [0.1, 0.15) is 18.9 Å². The fourth-order valence-electron chi connectivity index (χ4n) is 3.79. The van der Waals surface area contributed by atoms with Gasteiger partial charge < -0.3 is 10.1 Å². The standard InChI is InChI=1S/C19H29N3O2/c1-14-11-22-12-16(10-17(22)13-24-14)20-19(23)18(21(2)3)9-15-7-5-4-6-8-15/h4-8,14,16-18H,9-13H2,1-3H3,(H,20,23)/t14-,16-,17+,18+/m1/s1. The Balaban J connectivity index is 1.58. The second-order valence-electron chi connectivity index (χ2n) is 7.36. The molecule has 2 aliphatic rings. The van der Waals surface area contributed by atoms with Crippen LogP contribution in [0.25, 0.3) is 0 Å². The largest absolute Gasteiger partial charge is 0.376 e. The minimum atomic E-state index is -0.139. The average Bonchev–Trinajstić information content (AvgIpc) is 2.94. The Morgan fingerprint density at radius 3 is 2.79 bits per heavy atom. The molecule has 0 radical (unpaired) electrons. The third-order valence-corrected chi connectivity index (χ3v) is 5.14. The van der Waals surface area contributed by atoms with E-state index in [9.17, 15) is 4.79 Å². The molecule has 2 saturated heterocycles. The number of morpholine rings is 1. The molecule has 0 spiro atoms. The highest BCUT2D eigenvalue weighted by Gasteiger charge is 2.37. The van der Waals surface area contributed by atoms with Crippen LogP contribution in [0.15, 0.2) is 30.3 Å². The number of carbonyl (C=O) groups excluding carboxylic acids is 1. The van der Waals surface area contributed by atoms with Gasteiger partial charge in [0.25, 0.3) is 0 Å². The van der Waals surface area contributed by atoms with Gasteiger partial charge in [-0.25, -0.2) is 0 Å². The first-order valence-electron chi connectivity index (χ1n) is 8.89. The molecule has 0 aliphatic carbocycles. The Bertz CT molecular complexity index is 549. The fraction of sp³-hybridized carbons (Fsp3) is 0.632. The highest BCUT2D eigenvalue weighted by atomic mass is 16.5. The van der Waals surface area contributed by atoms with Crippen molar-refractivity contribution in [1.29, 1.82) is 0 Å². The summed E-state index contributed by atoms with van der Waals surface area (Å²) in [5.41, 5.74) is 1.19. The maximum Gasteiger partial charge on any atom is 0.237 e. The summed E-state index contributed by atoms with van der Waals surface area (Å²) >= 11 is 0. The number of amides is 1. The minimum absolute atomic E-state index is 0.127. The number of nitrogens with zero attached hydrogens (tertiary/aromatic N) is 2. The van der Waals surface area contributed by atoms with Crippen LogP contribution in [-0.4, -0.2) is 73.7 Å². The van der Waals surface area contributed by atoms with Gasteiger partial charge in [0.2, 0.25) is 5.91 Å². The molecule has 4 atom stereocenters. The first kappa shape index (κ1) is 17.4. The van der Waals surface area contributed by atoms with E-state index in [4.69, 9.17) is 4.74 Å². The van der Waals surface area contributed by atoms with Crippen LogP contribution in [-0.2, 0) is 16.0 Å². The molecule has 0 unspecified atom stereocenters. The van der Waals surface area contributed by atoms with E-state index >= 15 is 0 Å². The monoisotopic (exact) mass is 331 g/mol. The molecule has 3 rings (SSSR count). The smallest absolute Gasteiger partial charge is 0.237 e. The molecule has 132 valence electrons. The summed E-state index contributed by atoms with van der Waals surface area (Å²) in [6, 6.07) is 10.8. The molecular formula is C19H29N3O2. The predicted octanol–water partition coefficient (Wildman–Crippen LogP) is 1.14. The van der Waals surface area contributed by atoms with Gasteiger partial charge in [-0.2, -0.15) is 0 Å². The zero-order chi connectivity index (χ0) is 17.1. The quantitative estimate of drug-likeness (QED) is 0.879.